The van der Waals surface area contributed by atoms with Gasteiger partial charge in [-0.05, 0) is 40.2 Å². The highest BCUT2D eigenvalue weighted by Crippen LogP contribution is 2.12. The van der Waals surface area contributed by atoms with Gasteiger partial charge in [0.05, 0.1) is 5.69 Å². The summed E-state index contributed by atoms with van der Waals surface area (Å²) in [5.74, 6) is 0.736. The average Bonchev–Trinajstić information content (AvgIpc) is 2.67. The summed E-state index contributed by atoms with van der Waals surface area (Å²) in [6.07, 6.45) is 4.31. The lowest BCUT2D eigenvalue weighted by Gasteiger charge is -2.03. The molecular formula is C10H7BrN2O. The fourth-order valence-corrected chi connectivity index (χ4v) is 1.44. The van der Waals surface area contributed by atoms with Crippen LogP contribution in [0.4, 0.5) is 0 Å². The van der Waals surface area contributed by atoms with Gasteiger partial charge in [-0.25, -0.2) is 4.98 Å². The topological polar surface area (TPSA) is 34.9 Å². The molecule has 0 saturated carbocycles. The van der Waals surface area contributed by atoms with E-state index in [9.17, 15) is 4.79 Å². The van der Waals surface area contributed by atoms with E-state index in [-0.39, 0.29) is 0 Å². The summed E-state index contributed by atoms with van der Waals surface area (Å²) < 4.78 is 2.65. The van der Waals surface area contributed by atoms with E-state index in [0.29, 0.717) is 5.69 Å². The van der Waals surface area contributed by atoms with Crippen molar-refractivity contribution in [2.75, 3.05) is 0 Å². The fraction of sp³-hybridized carbons (Fsp3) is 0. The molecule has 0 atom stereocenters. The molecular weight excluding hydrogens is 244 g/mol. The molecule has 0 aliphatic heterocycles. The number of pyridine rings is 1. The third kappa shape index (κ3) is 1.61. The van der Waals surface area contributed by atoms with Crippen LogP contribution in [0.15, 0.2) is 41.1 Å². The fourth-order valence-electron chi connectivity index (χ4n) is 1.21. The van der Waals surface area contributed by atoms with Crippen molar-refractivity contribution in [1.82, 2.24) is 9.55 Å². The Hall–Kier alpha value is -1.42. The number of aromatic nitrogens is 2. The van der Waals surface area contributed by atoms with E-state index in [1.807, 2.05) is 18.2 Å². The minimum Gasteiger partial charge on any atom is -0.299 e. The molecule has 4 heteroatoms. The van der Waals surface area contributed by atoms with Crippen LogP contribution in [-0.2, 0) is 0 Å². The number of rotatable bonds is 2. The van der Waals surface area contributed by atoms with Crippen molar-refractivity contribution in [3.63, 3.8) is 0 Å². The van der Waals surface area contributed by atoms with Gasteiger partial charge in [-0.3, -0.25) is 9.36 Å². The lowest BCUT2D eigenvalue weighted by molar-refractivity contribution is 0.111. The van der Waals surface area contributed by atoms with Gasteiger partial charge < -0.3 is 0 Å². The van der Waals surface area contributed by atoms with Crippen molar-refractivity contribution in [3.8, 4) is 5.82 Å². The van der Waals surface area contributed by atoms with Crippen molar-refractivity contribution >= 4 is 22.2 Å². The maximum atomic E-state index is 10.7. The van der Waals surface area contributed by atoms with Crippen LogP contribution in [0.25, 0.3) is 5.82 Å². The number of carbonyl (C=O) groups is 1. The van der Waals surface area contributed by atoms with Crippen LogP contribution in [-0.4, -0.2) is 15.8 Å². The molecule has 0 N–H and O–H groups in total. The Balaban J connectivity index is 2.49. The van der Waals surface area contributed by atoms with Gasteiger partial charge in [0.25, 0.3) is 0 Å². The number of nitrogens with zero attached hydrogens (tertiary/aromatic N) is 2. The number of carbonyl (C=O) groups excluding carboxylic acids is 1. The molecule has 0 amide bonds. The minimum atomic E-state index is 0.597. The second kappa shape index (κ2) is 3.75. The molecule has 0 saturated heterocycles. The molecule has 0 bridgehead atoms. The Bertz CT molecular complexity index is 447. The summed E-state index contributed by atoms with van der Waals surface area (Å²) in [5, 5.41) is 0. The van der Waals surface area contributed by atoms with Crippen LogP contribution in [0.5, 0.6) is 0 Å². The predicted molar refractivity (Wildman–Crippen MR) is 56.7 cm³/mol. The number of aldehydes is 1. The largest absolute Gasteiger partial charge is 0.299 e. The van der Waals surface area contributed by atoms with Gasteiger partial charge in [0.2, 0.25) is 0 Å². The first-order chi connectivity index (χ1) is 6.81. The summed E-state index contributed by atoms with van der Waals surface area (Å²) in [6.45, 7) is 0. The molecule has 2 rings (SSSR count). The first-order valence-electron chi connectivity index (χ1n) is 4.06. The quantitative estimate of drug-likeness (QED) is 0.768. The predicted octanol–water partition coefficient (Wildman–Crippen LogP) is 2.45. The molecule has 0 aliphatic carbocycles. The van der Waals surface area contributed by atoms with E-state index >= 15 is 0 Å². The second-order valence-electron chi connectivity index (χ2n) is 2.76. The number of hydrogen-bond acceptors (Lipinski definition) is 2. The van der Waals surface area contributed by atoms with E-state index in [4.69, 9.17) is 0 Å². The van der Waals surface area contributed by atoms with Crippen LogP contribution < -0.4 is 0 Å². The van der Waals surface area contributed by atoms with E-state index in [2.05, 4.69) is 20.9 Å². The zero-order valence-corrected chi connectivity index (χ0v) is 8.81. The van der Waals surface area contributed by atoms with Crippen LogP contribution in [0.3, 0.4) is 0 Å². The van der Waals surface area contributed by atoms with Crippen LogP contribution >= 0.6 is 15.9 Å². The Labute approximate surface area is 89.5 Å². The molecule has 0 fully saturated rings. The maximum absolute atomic E-state index is 10.7. The lowest BCUT2D eigenvalue weighted by Crippen LogP contribution is -1.99. The normalized spacial score (nSPS) is 10.1. The zero-order valence-electron chi connectivity index (χ0n) is 7.22. The Morgan fingerprint density at radius 1 is 1.36 bits per heavy atom. The van der Waals surface area contributed by atoms with Gasteiger partial charge >= 0.3 is 0 Å². The Kier molecular flexibility index (Phi) is 2.45. The minimum absolute atomic E-state index is 0.597. The van der Waals surface area contributed by atoms with Crippen molar-refractivity contribution in [1.29, 1.82) is 0 Å². The third-order valence-electron chi connectivity index (χ3n) is 1.86. The lowest BCUT2D eigenvalue weighted by atomic mass is 10.4. The van der Waals surface area contributed by atoms with Crippen molar-refractivity contribution in [2.45, 2.75) is 0 Å². The summed E-state index contributed by atoms with van der Waals surface area (Å²) in [4.78, 5) is 14.9. The highest BCUT2D eigenvalue weighted by molar-refractivity contribution is 9.10. The number of halogens is 1. The highest BCUT2D eigenvalue weighted by atomic mass is 79.9. The van der Waals surface area contributed by atoms with E-state index < -0.39 is 0 Å². The third-order valence-corrected chi connectivity index (χ3v) is 2.33. The highest BCUT2D eigenvalue weighted by Gasteiger charge is 2.02. The summed E-state index contributed by atoms with van der Waals surface area (Å²) in [7, 11) is 0. The van der Waals surface area contributed by atoms with Crippen molar-refractivity contribution < 1.29 is 4.79 Å². The number of hydrogen-bond donors (Lipinski definition) is 0. The van der Waals surface area contributed by atoms with Crippen molar-refractivity contribution in [3.05, 3.63) is 46.8 Å². The zero-order chi connectivity index (χ0) is 9.97. The molecule has 14 heavy (non-hydrogen) atoms. The van der Waals surface area contributed by atoms with Gasteiger partial charge in [-0.15, -0.1) is 0 Å². The molecule has 0 aromatic carbocycles. The molecule has 3 nitrogen and oxygen atoms in total. The SMILES string of the molecule is O=Cc1cccn1-c1ccc(Br)cn1. The summed E-state index contributed by atoms with van der Waals surface area (Å²) in [6, 6.07) is 7.29. The van der Waals surface area contributed by atoms with Crippen LogP contribution in [0, 0.1) is 0 Å². The smallest absolute Gasteiger partial charge is 0.166 e. The van der Waals surface area contributed by atoms with Gasteiger partial charge in [-0.1, -0.05) is 0 Å². The first kappa shape index (κ1) is 9.15. The maximum Gasteiger partial charge on any atom is 0.166 e. The van der Waals surface area contributed by atoms with Gasteiger partial charge in [0, 0.05) is 16.9 Å². The molecule has 2 aromatic rings. The van der Waals surface area contributed by atoms with E-state index in [0.717, 1.165) is 16.6 Å². The molecule has 0 radical (unpaired) electrons. The molecule has 0 aliphatic rings. The standard InChI is InChI=1S/C10H7BrN2O/c11-8-3-4-10(12-6-8)13-5-1-2-9(13)7-14/h1-7H. The molecule has 0 spiro atoms. The Morgan fingerprint density at radius 3 is 2.86 bits per heavy atom. The van der Waals surface area contributed by atoms with E-state index in [1.165, 1.54) is 0 Å². The molecule has 2 heterocycles. The van der Waals surface area contributed by atoms with E-state index in [1.54, 1.807) is 23.0 Å². The summed E-state index contributed by atoms with van der Waals surface area (Å²) in [5.41, 5.74) is 0.597. The van der Waals surface area contributed by atoms with Crippen LogP contribution in [0.1, 0.15) is 10.5 Å². The summed E-state index contributed by atoms with van der Waals surface area (Å²) >= 11 is 3.30. The van der Waals surface area contributed by atoms with Gasteiger partial charge in [0.15, 0.2) is 6.29 Å². The van der Waals surface area contributed by atoms with Crippen molar-refractivity contribution in [2.24, 2.45) is 0 Å². The molecule has 2 aromatic heterocycles. The van der Waals surface area contributed by atoms with Gasteiger partial charge in [-0.2, -0.15) is 0 Å². The first-order valence-corrected chi connectivity index (χ1v) is 4.85. The monoisotopic (exact) mass is 250 g/mol. The molecule has 0 unspecified atom stereocenters. The molecule has 70 valence electrons. The average molecular weight is 251 g/mol. The van der Waals surface area contributed by atoms with Crippen LogP contribution in [0.2, 0.25) is 0 Å². The van der Waals surface area contributed by atoms with Gasteiger partial charge in [0.1, 0.15) is 5.82 Å². The Morgan fingerprint density at radius 2 is 2.21 bits per heavy atom. The second-order valence-corrected chi connectivity index (χ2v) is 3.67.